The highest BCUT2D eigenvalue weighted by Gasteiger charge is 2.30. The largest absolute Gasteiger partial charge is 0.370 e. The van der Waals surface area contributed by atoms with E-state index in [-0.39, 0.29) is 21.7 Å². The Bertz CT molecular complexity index is 2060. The van der Waals surface area contributed by atoms with Gasteiger partial charge in [0, 0.05) is 61.7 Å². The fourth-order valence-electron chi connectivity index (χ4n) is 7.04. The number of sulfonamides is 1. The van der Waals surface area contributed by atoms with Crippen molar-refractivity contribution >= 4 is 44.6 Å². The zero-order valence-corrected chi connectivity index (χ0v) is 29.7. The summed E-state index contributed by atoms with van der Waals surface area (Å²) in [5.41, 5.74) is 6.43. The van der Waals surface area contributed by atoms with Crippen molar-refractivity contribution in [1.29, 1.82) is 0 Å². The van der Waals surface area contributed by atoms with Crippen LogP contribution in [0.5, 0.6) is 0 Å². The Labute approximate surface area is 297 Å². The maximum absolute atomic E-state index is 14.7. The molecule has 260 valence electrons. The van der Waals surface area contributed by atoms with Crippen LogP contribution in [-0.4, -0.2) is 68.5 Å². The number of anilines is 2. The molecule has 0 bridgehead atoms. The molecule has 2 N–H and O–H groups in total. The number of hydrogen-bond acceptors (Lipinski definition) is 8. The molecule has 12 heteroatoms. The van der Waals surface area contributed by atoms with Crippen LogP contribution in [-0.2, 0) is 16.4 Å². The summed E-state index contributed by atoms with van der Waals surface area (Å²) in [5.74, 6) is -0.840. The topological polar surface area (TPSA) is 108 Å². The lowest BCUT2D eigenvalue weighted by atomic mass is 9.72. The van der Waals surface area contributed by atoms with Gasteiger partial charge in [-0.3, -0.25) is 9.69 Å². The smallest absolute Gasteiger partial charge is 0.283 e. The van der Waals surface area contributed by atoms with Gasteiger partial charge in [-0.05, 0) is 102 Å². The van der Waals surface area contributed by atoms with Crippen LogP contribution < -0.4 is 14.9 Å². The van der Waals surface area contributed by atoms with Crippen molar-refractivity contribution in [3.05, 3.63) is 106 Å². The number of nitrogens with one attached hydrogen (secondary N) is 2. The Kier molecular flexibility index (Phi) is 9.40. The van der Waals surface area contributed by atoms with E-state index in [1.807, 2.05) is 12.1 Å². The molecule has 1 fully saturated rings. The highest BCUT2D eigenvalue weighted by Crippen LogP contribution is 2.43. The molecule has 0 radical (unpaired) electrons. The molecule has 3 aliphatic rings. The zero-order valence-electron chi connectivity index (χ0n) is 28.2. The molecular formula is C38H40ClFN6O3S. The van der Waals surface area contributed by atoms with Gasteiger partial charge in [0.2, 0.25) is 0 Å². The van der Waals surface area contributed by atoms with Gasteiger partial charge in [0.15, 0.2) is 0 Å². The Hall–Kier alpha value is -4.32. The van der Waals surface area contributed by atoms with Crippen LogP contribution in [0, 0.1) is 11.2 Å². The van der Waals surface area contributed by atoms with Crippen molar-refractivity contribution in [2.24, 2.45) is 5.41 Å². The molecule has 7 rings (SSSR count). The number of benzene rings is 2. The number of carbonyl (C=O) groups is 1. The van der Waals surface area contributed by atoms with Crippen LogP contribution in [0.4, 0.5) is 15.9 Å². The van der Waals surface area contributed by atoms with Gasteiger partial charge in [-0.1, -0.05) is 43.2 Å². The van der Waals surface area contributed by atoms with Gasteiger partial charge in [-0.15, -0.1) is 0 Å². The second-order valence-corrected chi connectivity index (χ2v) is 16.2. The predicted molar refractivity (Wildman–Crippen MR) is 195 cm³/mol. The highest BCUT2D eigenvalue weighted by atomic mass is 35.5. The molecule has 2 aromatic carbocycles. The van der Waals surface area contributed by atoms with E-state index < -0.39 is 21.7 Å². The van der Waals surface area contributed by atoms with Crippen LogP contribution in [0.1, 0.15) is 54.7 Å². The number of halogens is 2. The van der Waals surface area contributed by atoms with Crippen molar-refractivity contribution in [2.75, 3.05) is 49.5 Å². The van der Waals surface area contributed by atoms with Crippen LogP contribution in [0.25, 0.3) is 16.8 Å². The molecule has 50 heavy (non-hydrogen) atoms. The van der Waals surface area contributed by atoms with E-state index in [2.05, 4.69) is 55.8 Å². The molecule has 4 aromatic rings. The number of carbonyl (C=O) groups excluding carboxylic acids is 1. The average molecular weight is 715 g/mol. The SMILES string of the molecule is CC1(C)CCC(CN2CCN(c3ccc(S(=O)(=O)NC(=O)c4ccc(F)c(-c5cnc6c(c5)CCN6)n4)cc3)CC2)=C(c2ccc(Cl)cc2)C1. The van der Waals surface area contributed by atoms with Crippen molar-refractivity contribution in [3.8, 4) is 11.3 Å². The summed E-state index contributed by atoms with van der Waals surface area (Å²) in [4.78, 5) is 26.2. The fourth-order valence-corrected chi connectivity index (χ4v) is 8.13. The van der Waals surface area contributed by atoms with E-state index in [4.69, 9.17) is 11.6 Å². The first-order valence-electron chi connectivity index (χ1n) is 17.0. The van der Waals surface area contributed by atoms with E-state index in [9.17, 15) is 17.6 Å². The molecular weight excluding hydrogens is 675 g/mol. The lowest BCUT2D eigenvalue weighted by Crippen LogP contribution is -2.47. The number of allylic oxidation sites excluding steroid dienone is 1. The van der Waals surface area contributed by atoms with E-state index >= 15 is 0 Å². The third-order valence-electron chi connectivity index (χ3n) is 9.91. The van der Waals surface area contributed by atoms with Crippen molar-refractivity contribution < 1.29 is 17.6 Å². The number of piperazine rings is 1. The number of amides is 1. The number of nitrogens with zero attached hydrogens (tertiary/aromatic N) is 4. The highest BCUT2D eigenvalue weighted by molar-refractivity contribution is 7.90. The van der Waals surface area contributed by atoms with Crippen molar-refractivity contribution in [3.63, 3.8) is 0 Å². The molecule has 1 amide bonds. The molecule has 0 unspecified atom stereocenters. The molecule has 2 aromatic heterocycles. The van der Waals surface area contributed by atoms with Crippen LogP contribution in [0.2, 0.25) is 5.02 Å². The first-order valence-corrected chi connectivity index (χ1v) is 18.8. The summed E-state index contributed by atoms with van der Waals surface area (Å²) >= 11 is 6.18. The molecule has 1 aliphatic carbocycles. The summed E-state index contributed by atoms with van der Waals surface area (Å²) in [5, 5.41) is 3.89. The predicted octanol–water partition coefficient (Wildman–Crippen LogP) is 6.81. The number of fused-ring (bicyclic) bond motifs is 1. The van der Waals surface area contributed by atoms with E-state index in [1.165, 1.54) is 47.5 Å². The summed E-state index contributed by atoms with van der Waals surface area (Å²) in [6.45, 7) is 9.76. The Morgan fingerprint density at radius 1 is 0.980 bits per heavy atom. The van der Waals surface area contributed by atoms with Crippen LogP contribution in [0.15, 0.2) is 83.4 Å². The zero-order chi connectivity index (χ0) is 35.0. The Balaban J connectivity index is 0.982. The third kappa shape index (κ3) is 7.40. The van der Waals surface area contributed by atoms with Gasteiger partial charge in [-0.25, -0.2) is 27.5 Å². The standard InChI is InChI=1S/C38H40ClFN6O3S/c1-38(2)15-13-27(32(22-38)25-3-5-29(39)6-4-25)24-45-17-19-46(20-18-45)30-7-9-31(10-8-30)50(48,49)44-37(47)34-12-11-33(40)35(43-34)28-21-26-14-16-41-36(26)42-23-28/h3-12,21,23H,13-20,22,24H2,1-2H3,(H,41,42)(H,44,47). The van der Waals surface area contributed by atoms with E-state index in [1.54, 1.807) is 18.2 Å². The number of hydrogen-bond donors (Lipinski definition) is 2. The number of aromatic nitrogens is 2. The van der Waals surface area contributed by atoms with Gasteiger partial charge in [-0.2, -0.15) is 0 Å². The van der Waals surface area contributed by atoms with Gasteiger partial charge in [0.25, 0.3) is 15.9 Å². The maximum Gasteiger partial charge on any atom is 0.283 e. The molecule has 9 nitrogen and oxygen atoms in total. The molecule has 2 aliphatic heterocycles. The summed E-state index contributed by atoms with van der Waals surface area (Å²) in [6.07, 6.45) is 5.53. The minimum atomic E-state index is -4.21. The molecule has 0 saturated carbocycles. The lowest BCUT2D eigenvalue weighted by molar-refractivity contribution is 0.0976. The lowest BCUT2D eigenvalue weighted by Gasteiger charge is -2.39. The second kappa shape index (κ2) is 13.8. The maximum atomic E-state index is 14.7. The number of pyridine rings is 2. The van der Waals surface area contributed by atoms with Gasteiger partial charge < -0.3 is 10.2 Å². The minimum absolute atomic E-state index is 0.0483. The summed E-state index contributed by atoms with van der Waals surface area (Å²) in [7, 11) is -4.21. The van der Waals surface area contributed by atoms with Gasteiger partial charge in [0.05, 0.1) is 4.90 Å². The average Bonchev–Trinajstić information content (AvgIpc) is 3.58. The summed E-state index contributed by atoms with van der Waals surface area (Å²) < 4.78 is 43.2. The van der Waals surface area contributed by atoms with Crippen molar-refractivity contribution in [1.82, 2.24) is 19.6 Å². The van der Waals surface area contributed by atoms with Gasteiger partial charge in [0.1, 0.15) is 23.0 Å². The second-order valence-electron chi connectivity index (χ2n) is 14.1. The normalized spacial score (nSPS) is 17.7. The number of rotatable bonds is 8. The quantitative estimate of drug-likeness (QED) is 0.205. The van der Waals surface area contributed by atoms with E-state index in [0.29, 0.717) is 5.56 Å². The first-order chi connectivity index (χ1) is 23.9. The Morgan fingerprint density at radius 3 is 2.46 bits per heavy atom. The molecule has 0 atom stereocenters. The van der Waals surface area contributed by atoms with Crippen LogP contribution in [0.3, 0.4) is 0 Å². The molecule has 0 spiro atoms. The van der Waals surface area contributed by atoms with Gasteiger partial charge >= 0.3 is 0 Å². The fraction of sp³-hybridized carbons (Fsp3) is 0.342. The minimum Gasteiger partial charge on any atom is -0.370 e. The molecule has 4 heterocycles. The summed E-state index contributed by atoms with van der Waals surface area (Å²) in [6, 6.07) is 18.8. The van der Waals surface area contributed by atoms with Crippen LogP contribution >= 0.6 is 11.6 Å². The first kappa shape index (κ1) is 34.1. The van der Waals surface area contributed by atoms with Crippen molar-refractivity contribution in [2.45, 2.75) is 44.4 Å². The Morgan fingerprint density at radius 2 is 1.72 bits per heavy atom. The third-order valence-corrected chi connectivity index (χ3v) is 11.5. The van der Waals surface area contributed by atoms with E-state index in [0.717, 1.165) is 86.7 Å². The monoisotopic (exact) mass is 714 g/mol. The molecule has 1 saturated heterocycles.